The van der Waals surface area contributed by atoms with Crippen LogP contribution in [-0.2, 0) is 4.79 Å². The van der Waals surface area contributed by atoms with E-state index in [-0.39, 0.29) is 5.92 Å². The SMILES string of the molecule is CCCCCN(C(=O)C1CNCC1C)C(C)C. The van der Waals surface area contributed by atoms with Crippen LogP contribution in [0.3, 0.4) is 0 Å². The molecule has 0 saturated carbocycles. The second-order valence-electron chi connectivity index (χ2n) is 5.57. The second kappa shape index (κ2) is 7.00. The van der Waals surface area contributed by atoms with Gasteiger partial charge in [-0.25, -0.2) is 0 Å². The highest BCUT2D eigenvalue weighted by Crippen LogP contribution is 2.20. The number of nitrogens with zero attached hydrogens (tertiary/aromatic N) is 1. The summed E-state index contributed by atoms with van der Waals surface area (Å²) < 4.78 is 0. The monoisotopic (exact) mass is 240 g/mol. The molecule has 100 valence electrons. The van der Waals surface area contributed by atoms with Gasteiger partial charge in [0.15, 0.2) is 0 Å². The van der Waals surface area contributed by atoms with E-state index in [4.69, 9.17) is 0 Å². The molecule has 0 aromatic carbocycles. The fourth-order valence-corrected chi connectivity index (χ4v) is 2.51. The molecule has 1 rings (SSSR count). The van der Waals surface area contributed by atoms with Gasteiger partial charge in [-0.1, -0.05) is 26.7 Å². The minimum Gasteiger partial charge on any atom is -0.340 e. The van der Waals surface area contributed by atoms with Crippen LogP contribution in [0.2, 0.25) is 0 Å². The smallest absolute Gasteiger partial charge is 0.227 e. The van der Waals surface area contributed by atoms with E-state index in [9.17, 15) is 4.79 Å². The van der Waals surface area contributed by atoms with Gasteiger partial charge >= 0.3 is 0 Å². The molecule has 2 atom stereocenters. The predicted octanol–water partition coefficient (Wildman–Crippen LogP) is 2.27. The second-order valence-corrected chi connectivity index (χ2v) is 5.57. The number of amides is 1. The van der Waals surface area contributed by atoms with Gasteiger partial charge in [0.2, 0.25) is 5.91 Å². The van der Waals surface area contributed by atoms with Crippen molar-refractivity contribution in [3.63, 3.8) is 0 Å². The minimum atomic E-state index is 0.194. The Bertz CT molecular complexity index is 240. The van der Waals surface area contributed by atoms with Gasteiger partial charge in [-0.3, -0.25) is 4.79 Å². The van der Waals surface area contributed by atoms with E-state index in [0.717, 1.165) is 26.1 Å². The molecule has 1 fully saturated rings. The van der Waals surface area contributed by atoms with Gasteiger partial charge in [-0.15, -0.1) is 0 Å². The van der Waals surface area contributed by atoms with Gasteiger partial charge in [0.25, 0.3) is 0 Å². The number of unbranched alkanes of at least 4 members (excludes halogenated alkanes) is 2. The van der Waals surface area contributed by atoms with E-state index in [2.05, 4.69) is 37.9 Å². The lowest BCUT2D eigenvalue weighted by atomic mass is 9.96. The summed E-state index contributed by atoms with van der Waals surface area (Å²) >= 11 is 0. The Hall–Kier alpha value is -0.570. The number of rotatable bonds is 6. The average Bonchev–Trinajstić information content (AvgIpc) is 2.69. The summed E-state index contributed by atoms with van der Waals surface area (Å²) in [5.74, 6) is 1.03. The molecule has 0 bridgehead atoms. The Morgan fingerprint density at radius 2 is 2.06 bits per heavy atom. The summed E-state index contributed by atoms with van der Waals surface area (Å²) in [7, 11) is 0. The first-order valence-electron chi connectivity index (χ1n) is 7.09. The Kier molecular flexibility index (Phi) is 5.96. The molecule has 2 unspecified atom stereocenters. The highest BCUT2D eigenvalue weighted by Gasteiger charge is 2.33. The van der Waals surface area contributed by atoms with Gasteiger partial charge < -0.3 is 10.2 Å². The van der Waals surface area contributed by atoms with Crippen molar-refractivity contribution < 1.29 is 4.79 Å². The summed E-state index contributed by atoms with van der Waals surface area (Å²) in [6.07, 6.45) is 3.56. The fourth-order valence-electron chi connectivity index (χ4n) is 2.51. The van der Waals surface area contributed by atoms with Gasteiger partial charge in [0.05, 0.1) is 5.92 Å². The molecule has 1 saturated heterocycles. The summed E-state index contributed by atoms with van der Waals surface area (Å²) in [4.78, 5) is 14.6. The van der Waals surface area contributed by atoms with E-state index in [1.807, 2.05) is 0 Å². The van der Waals surface area contributed by atoms with Crippen molar-refractivity contribution >= 4 is 5.91 Å². The Labute approximate surface area is 106 Å². The highest BCUT2D eigenvalue weighted by molar-refractivity contribution is 5.80. The van der Waals surface area contributed by atoms with Crippen LogP contribution in [0.5, 0.6) is 0 Å². The first-order valence-corrected chi connectivity index (χ1v) is 7.09. The van der Waals surface area contributed by atoms with Gasteiger partial charge in [0, 0.05) is 19.1 Å². The topological polar surface area (TPSA) is 32.3 Å². The summed E-state index contributed by atoms with van der Waals surface area (Å²) in [6.45, 7) is 11.4. The fraction of sp³-hybridized carbons (Fsp3) is 0.929. The lowest BCUT2D eigenvalue weighted by Gasteiger charge is -2.30. The third-order valence-electron chi connectivity index (χ3n) is 3.74. The van der Waals surface area contributed by atoms with Gasteiger partial charge in [-0.2, -0.15) is 0 Å². The molecule has 0 spiro atoms. The first-order chi connectivity index (χ1) is 8.07. The molecule has 1 N–H and O–H groups in total. The average molecular weight is 240 g/mol. The van der Waals surface area contributed by atoms with Crippen LogP contribution in [0.15, 0.2) is 0 Å². The van der Waals surface area contributed by atoms with Crippen LogP contribution in [0, 0.1) is 11.8 Å². The van der Waals surface area contributed by atoms with Crippen molar-refractivity contribution in [2.45, 2.75) is 53.0 Å². The first kappa shape index (κ1) is 14.5. The van der Waals surface area contributed by atoms with Crippen molar-refractivity contribution in [1.29, 1.82) is 0 Å². The Morgan fingerprint density at radius 3 is 2.53 bits per heavy atom. The largest absolute Gasteiger partial charge is 0.340 e. The van der Waals surface area contributed by atoms with Crippen molar-refractivity contribution in [3.05, 3.63) is 0 Å². The zero-order valence-corrected chi connectivity index (χ0v) is 11.8. The quantitative estimate of drug-likeness (QED) is 0.722. The molecule has 3 heteroatoms. The molecule has 0 aromatic heterocycles. The third kappa shape index (κ3) is 3.98. The summed E-state index contributed by atoms with van der Waals surface area (Å²) in [5, 5.41) is 3.32. The van der Waals surface area contributed by atoms with E-state index in [1.54, 1.807) is 0 Å². The molecular weight excluding hydrogens is 212 g/mol. The van der Waals surface area contributed by atoms with Crippen LogP contribution in [0.1, 0.15) is 47.0 Å². The van der Waals surface area contributed by atoms with Crippen LogP contribution in [0.4, 0.5) is 0 Å². The van der Waals surface area contributed by atoms with Crippen molar-refractivity contribution in [3.8, 4) is 0 Å². The molecule has 3 nitrogen and oxygen atoms in total. The molecule has 1 aliphatic rings. The minimum absolute atomic E-state index is 0.194. The molecule has 0 radical (unpaired) electrons. The van der Waals surface area contributed by atoms with E-state index >= 15 is 0 Å². The van der Waals surface area contributed by atoms with E-state index in [0.29, 0.717) is 17.9 Å². The highest BCUT2D eigenvalue weighted by atomic mass is 16.2. The molecular formula is C14H28N2O. The van der Waals surface area contributed by atoms with E-state index in [1.165, 1.54) is 12.8 Å². The number of hydrogen-bond acceptors (Lipinski definition) is 2. The Balaban J connectivity index is 2.53. The standard InChI is InChI=1S/C14H28N2O/c1-5-6-7-8-16(11(2)3)14(17)13-10-15-9-12(13)4/h11-13,15H,5-10H2,1-4H3. The third-order valence-corrected chi connectivity index (χ3v) is 3.74. The van der Waals surface area contributed by atoms with Crippen molar-refractivity contribution in [2.75, 3.05) is 19.6 Å². The summed E-state index contributed by atoms with van der Waals surface area (Å²) in [6, 6.07) is 0.326. The molecule has 1 aliphatic heterocycles. The van der Waals surface area contributed by atoms with Crippen LogP contribution < -0.4 is 5.32 Å². The Morgan fingerprint density at radius 1 is 1.35 bits per heavy atom. The van der Waals surface area contributed by atoms with Gasteiger partial charge in [0.1, 0.15) is 0 Å². The molecule has 1 amide bonds. The zero-order chi connectivity index (χ0) is 12.8. The van der Waals surface area contributed by atoms with Crippen LogP contribution >= 0.6 is 0 Å². The number of hydrogen-bond donors (Lipinski definition) is 1. The molecule has 17 heavy (non-hydrogen) atoms. The zero-order valence-electron chi connectivity index (χ0n) is 11.8. The molecule has 0 aliphatic carbocycles. The maximum atomic E-state index is 12.5. The maximum absolute atomic E-state index is 12.5. The number of carbonyl (C=O) groups is 1. The van der Waals surface area contributed by atoms with Crippen molar-refractivity contribution in [1.82, 2.24) is 10.2 Å². The summed E-state index contributed by atoms with van der Waals surface area (Å²) in [5.41, 5.74) is 0. The maximum Gasteiger partial charge on any atom is 0.227 e. The lowest BCUT2D eigenvalue weighted by molar-refractivity contribution is -0.137. The number of carbonyl (C=O) groups excluding carboxylic acids is 1. The van der Waals surface area contributed by atoms with Crippen molar-refractivity contribution in [2.24, 2.45) is 11.8 Å². The number of nitrogens with one attached hydrogen (secondary N) is 1. The normalized spacial score (nSPS) is 24.3. The lowest BCUT2D eigenvalue weighted by Crippen LogP contribution is -2.43. The molecule has 0 aromatic rings. The molecule has 1 heterocycles. The predicted molar refractivity (Wildman–Crippen MR) is 71.9 cm³/mol. The van der Waals surface area contributed by atoms with Crippen LogP contribution in [-0.4, -0.2) is 36.5 Å². The van der Waals surface area contributed by atoms with Crippen LogP contribution in [0.25, 0.3) is 0 Å². The van der Waals surface area contributed by atoms with E-state index < -0.39 is 0 Å². The van der Waals surface area contributed by atoms with Gasteiger partial charge in [-0.05, 0) is 32.7 Å².